The first-order valence-corrected chi connectivity index (χ1v) is 12.2. The molecule has 0 aliphatic rings. The molecule has 0 atom stereocenters. The Kier molecular flexibility index (Phi) is 6.22. The highest BCUT2D eigenvalue weighted by molar-refractivity contribution is 7.98. The van der Waals surface area contributed by atoms with Crippen LogP contribution in [0.1, 0.15) is 34.4 Å². The fourth-order valence-corrected chi connectivity index (χ4v) is 5.56. The highest BCUT2D eigenvalue weighted by Crippen LogP contribution is 2.35. The average molecular weight is 472 g/mol. The number of carbonyl (C=O) groups is 1. The van der Waals surface area contributed by atoms with E-state index in [2.05, 4.69) is 20.2 Å². The second kappa shape index (κ2) is 8.89. The number of benzene rings is 1. The number of hydrogen-bond acceptors (Lipinski definition) is 9. The van der Waals surface area contributed by atoms with Crippen molar-refractivity contribution in [3.63, 3.8) is 0 Å². The minimum atomic E-state index is -0.0704. The number of amides is 1. The van der Waals surface area contributed by atoms with Crippen LogP contribution in [0.25, 0.3) is 10.8 Å². The molecular weight excluding hydrogens is 450 g/mol. The van der Waals surface area contributed by atoms with Gasteiger partial charge in [0.15, 0.2) is 5.13 Å². The lowest BCUT2D eigenvalue weighted by molar-refractivity contribution is -0.115. The van der Waals surface area contributed by atoms with Crippen LogP contribution in [0.15, 0.2) is 33.2 Å². The number of anilines is 2. The van der Waals surface area contributed by atoms with Gasteiger partial charge in [-0.3, -0.25) is 9.69 Å². The molecule has 1 amide bonds. The topological polar surface area (TPSA) is 85.0 Å². The normalized spacial score (nSPS) is 11.1. The first-order valence-electron chi connectivity index (χ1n) is 9.55. The molecule has 10 heteroatoms. The Hall–Kier alpha value is -2.56. The van der Waals surface area contributed by atoms with Gasteiger partial charge in [0.25, 0.3) is 11.1 Å². The summed E-state index contributed by atoms with van der Waals surface area (Å²) in [6.07, 6.45) is 0. The fourth-order valence-electron chi connectivity index (χ4n) is 3.08. The number of carbonyl (C=O) groups excluding carboxylic acids is 1. The lowest BCUT2D eigenvalue weighted by atomic mass is 10.1. The Morgan fingerprint density at radius 1 is 1.16 bits per heavy atom. The van der Waals surface area contributed by atoms with E-state index in [1.54, 1.807) is 11.8 Å². The molecule has 0 radical (unpaired) electrons. The van der Waals surface area contributed by atoms with Gasteiger partial charge in [-0.15, -0.1) is 32.9 Å². The summed E-state index contributed by atoms with van der Waals surface area (Å²) in [6.45, 7) is 9.50. The summed E-state index contributed by atoms with van der Waals surface area (Å²) in [5, 5.41) is 12.3. The monoisotopic (exact) mass is 471 g/mol. The zero-order valence-electron chi connectivity index (χ0n) is 17.8. The van der Waals surface area contributed by atoms with Gasteiger partial charge in [-0.25, -0.2) is 9.97 Å². The largest absolute Gasteiger partial charge is 0.410 e. The van der Waals surface area contributed by atoms with Crippen molar-refractivity contribution in [2.75, 3.05) is 4.90 Å². The molecule has 7 nitrogen and oxygen atoms in total. The van der Waals surface area contributed by atoms with Crippen molar-refractivity contribution in [2.45, 2.75) is 45.6 Å². The quantitative estimate of drug-likeness (QED) is 0.326. The van der Waals surface area contributed by atoms with Gasteiger partial charge in [-0.05, 0) is 44.9 Å². The molecule has 3 heterocycles. The van der Waals surface area contributed by atoms with Crippen LogP contribution in [-0.4, -0.2) is 26.1 Å². The van der Waals surface area contributed by atoms with Crippen molar-refractivity contribution in [1.82, 2.24) is 20.2 Å². The molecule has 160 valence electrons. The molecule has 4 aromatic rings. The van der Waals surface area contributed by atoms with Crippen molar-refractivity contribution in [1.29, 1.82) is 0 Å². The second-order valence-corrected chi connectivity index (χ2v) is 9.97. The SMILES string of the molecule is CC(=O)N(c1nc(CSc2nnc(-c3sc(C)nc3C)o2)cs1)c1cccc(C)c1C. The number of hydrogen-bond donors (Lipinski definition) is 0. The predicted molar refractivity (Wildman–Crippen MR) is 125 cm³/mol. The maximum Gasteiger partial charge on any atom is 0.277 e. The Morgan fingerprint density at radius 2 is 1.97 bits per heavy atom. The Bertz CT molecular complexity index is 1240. The van der Waals surface area contributed by atoms with Crippen LogP contribution in [0.2, 0.25) is 0 Å². The maximum absolute atomic E-state index is 12.4. The summed E-state index contributed by atoms with van der Waals surface area (Å²) in [5.41, 5.74) is 4.80. The van der Waals surface area contributed by atoms with Gasteiger partial charge in [0.2, 0.25) is 5.91 Å². The van der Waals surface area contributed by atoms with E-state index in [1.165, 1.54) is 34.4 Å². The Balaban J connectivity index is 1.49. The summed E-state index contributed by atoms with van der Waals surface area (Å²) < 4.78 is 5.80. The van der Waals surface area contributed by atoms with E-state index in [0.717, 1.165) is 38.1 Å². The number of aromatic nitrogens is 4. The molecule has 0 fully saturated rings. The van der Waals surface area contributed by atoms with Gasteiger partial charge in [0.1, 0.15) is 4.88 Å². The van der Waals surface area contributed by atoms with Crippen molar-refractivity contribution in [2.24, 2.45) is 0 Å². The van der Waals surface area contributed by atoms with E-state index in [4.69, 9.17) is 4.42 Å². The van der Waals surface area contributed by atoms with Gasteiger partial charge >= 0.3 is 0 Å². The average Bonchev–Trinajstić information content (AvgIpc) is 3.44. The minimum absolute atomic E-state index is 0.0704. The first-order chi connectivity index (χ1) is 14.8. The van der Waals surface area contributed by atoms with Gasteiger partial charge in [0, 0.05) is 18.1 Å². The molecular formula is C21H21N5O2S3. The van der Waals surface area contributed by atoms with Gasteiger partial charge < -0.3 is 4.42 Å². The number of thioether (sulfide) groups is 1. The third-order valence-corrected chi connectivity index (χ3v) is 7.50. The summed E-state index contributed by atoms with van der Waals surface area (Å²) in [7, 11) is 0. The zero-order valence-corrected chi connectivity index (χ0v) is 20.2. The molecule has 4 rings (SSSR count). The summed E-state index contributed by atoms with van der Waals surface area (Å²) in [5.74, 6) is 0.985. The predicted octanol–water partition coefficient (Wildman–Crippen LogP) is 5.86. The standard InChI is InChI=1S/C21H21N5O2S3/c1-11-7-6-8-17(12(11)2)26(15(5)27)20-23-16(9-29-20)10-30-21-25-24-19(28-21)18-13(3)22-14(4)31-18/h6-9H,10H2,1-5H3. The Morgan fingerprint density at radius 3 is 2.68 bits per heavy atom. The van der Waals surface area contributed by atoms with Gasteiger partial charge in [0.05, 0.1) is 22.1 Å². The summed E-state index contributed by atoms with van der Waals surface area (Å²) in [4.78, 5) is 24.1. The molecule has 0 saturated carbocycles. The maximum atomic E-state index is 12.4. The van der Waals surface area contributed by atoms with Crippen LogP contribution >= 0.6 is 34.4 Å². The molecule has 0 aliphatic carbocycles. The van der Waals surface area contributed by atoms with Crippen LogP contribution in [0.3, 0.4) is 0 Å². The third-order valence-electron chi connectivity index (χ3n) is 4.71. The molecule has 0 unspecified atom stereocenters. The van der Waals surface area contributed by atoms with Crippen molar-refractivity contribution >= 4 is 51.2 Å². The number of nitrogens with zero attached hydrogens (tertiary/aromatic N) is 5. The molecule has 31 heavy (non-hydrogen) atoms. The van der Waals surface area contributed by atoms with Gasteiger partial charge in [-0.2, -0.15) is 0 Å². The van der Waals surface area contributed by atoms with Crippen molar-refractivity contribution in [3.8, 4) is 10.8 Å². The van der Waals surface area contributed by atoms with E-state index in [-0.39, 0.29) is 5.91 Å². The third kappa shape index (κ3) is 4.56. The lowest BCUT2D eigenvalue weighted by Crippen LogP contribution is -2.23. The molecule has 3 aromatic heterocycles. The van der Waals surface area contributed by atoms with Gasteiger partial charge in [-0.1, -0.05) is 23.9 Å². The highest BCUT2D eigenvalue weighted by Gasteiger charge is 2.21. The molecule has 1 aromatic carbocycles. The number of aryl methyl sites for hydroxylation is 3. The van der Waals surface area contributed by atoms with E-state index in [0.29, 0.717) is 22.0 Å². The smallest absolute Gasteiger partial charge is 0.277 e. The lowest BCUT2D eigenvalue weighted by Gasteiger charge is -2.21. The highest BCUT2D eigenvalue weighted by atomic mass is 32.2. The van der Waals surface area contributed by atoms with Crippen molar-refractivity contribution < 1.29 is 9.21 Å². The molecule has 0 bridgehead atoms. The molecule has 0 N–H and O–H groups in total. The van der Waals surface area contributed by atoms with Crippen LogP contribution in [0.5, 0.6) is 0 Å². The first kappa shape index (κ1) is 21.7. The fraction of sp³-hybridized carbons (Fsp3) is 0.286. The van der Waals surface area contributed by atoms with Crippen LogP contribution < -0.4 is 4.90 Å². The summed E-state index contributed by atoms with van der Waals surface area (Å²) >= 11 is 4.41. The van der Waals surface area contributed by atoms with E-state index in [1.807, 2.05) is 51.3 Å². The van der Waals surface area contributed by atoms with Crippen LogP contribution in [-0.2, 0) is 10.5 Å². The van der Waals surface area contributed by atoms with Crippen LogP contribution in [0.4, 0.5) is 10.8 Å². The Labute approximate surface area is 192 Å². The molecule has 0 saturated heterocycles. The summed E-state index contributed by atoms with van der Waals surface area (Å²) in [6, 6.07) is 5.94. The molecule has 0 aliphatic heterocycles. The molecule has 0 spiro atoms. The zero-order chi connectivity index (χ0) is 22.1. The number of rotatable bonds is 6. The van der Waals surface area contributed by atoms with E-state index < -0.39 is 0 Å². The van der Waals surface area contributed by atoms with Crippen LogP contribution in [0, 0.1) is 27.7 Å². The number of thiazole rings is 2. The second-order valence-electron chi connectivity index (χ2n) is 7.00. The van der Waals surface area contributed by atoms with E-state index >= 15 is 0 Å². The van der Waals surface area contributed by atoms with Crippen molar-refractivity contribution in [3.05, 3.63) is 51.1 Å². The van der Waals surface area contributed by atoms with E-state index in [9.17, 15) is 4.79 Å². The minimum Gasteiger partial charge on any atom is -0.410 e.